The molecule has 0 aliphatic heterocycles. The SMILES string of the molecule is Fc1cccc(-c2nc(C(Cl)(Cl)Cl)nc(C(Cl)(Cl)Cl)n2)c1. The largest absolute Gasteiger partial charge is 0.250 e. The highest BCUT2D eigenvalue weighted by molar-refractivity contribution is 6.67. The van der Waals surface area contributed by atoms with E-state index in [-0.39, 0.29) is 17.5 Å². The number of benzene rings is 1. The molecule has 0 saturated heterocycles. The van der Waals surface area contributed by atoms with E-state index in [1.165, 1.54) is 18.2 Å². The molecule has 0 radical (unpaired) electrons. The molecule has 0 fully saturated rings. The highest BCUT2D eigenvalue weighted by atomic mass is 35.6. The molecule has 0 amide bonds. The molecule has 10 heteroatoms. The molecular formula is C11H4Cl6FN3. The first-order valence-corrected chi connectivity index (χ1v) is 7.50. The zero-order valence-corrected chi connectivity index (χ0v) is 14.3. The van der Waals surface area contributed by atoms with Gasteiger partial charge in [0.05, 0.1) is 0 Å². The van der Waals surface area contributed by atoms with Crippen molar-refractivity contribution in [1.82, 2.24) is 15.0 Å². The second kappa shape index (κ2) is 6.19. The molecule has 3 nitrogen and oxygen atoms in total. The number of aromatic nitrogens is 3. The molecule has 1 aromatic carbocycles. The number of alkyl halides is 6. The van der Waals surface area contributed by atoms with Gasteiger partial charge in [-0.25, -0.2) is 19.3 Å². The van der Waals surface area contributed by atoms with Crippen molar-refractivity contribution in [2.24, 2.45) is 0 Å². The van der Waals surface area contributed by atoms with Gasteiger partial charge in [-0.3, -0.25) is 0 Å². The van der Waals surface area contributed by atoms with Crippen LogP contribution in [0, 0.1) is 5.82 Å². The van der Waals surface area contributed by atoms with E-state index >= 15 is 0 Å². The standard InChI is InChI=1S/C11H4Cl6FN3/c12-10(13,14)8-19-7(5-2-1-3-6(18)4-5)20-9(21-8)11(15,16)17/h1-4H. The Bertz CT molecular complexity index is 635. The number of rotatable bonds is 1. The van der Waals surface area contributed by atoms with Crippen LogP contribution in [0.25, 0.3) is 11.4 Å². The molecule has 1 heterocycles. The lowest BCUT2D eigenvalue weighted by Crippen LogP contribution is -2.16. The van der Waals surface area contributed by atoms with Crippen LogP contribution >= 0.6 is 69.6 Å². The fourth-order valence-corrected chi connectivity index (χ4v) is 1.89. The van der Waals surface area contributed by atoms with Crippen LogP contribution in [0.4, 0.5) is 4.39 Å². The molecule has 1 aromatic heterocycles. The first-order chi connectivity index (χ1) is 9.57. The molecule has 0 aliphatic carbocycles. The average molecular weight is 410 g/mol. The summed E-state index contributed by atoms with van der Waals surface area (Å²) < 4.78 is 9.40. The third-order valence-corrected chi connectivity index (χ3v) is 3.24. The normalized spacial score (nSPS) is 12.5. The molecule has 2 rings (SSSR count). The van der Waals surface area contributed by atoms with Gasteiger partial charge in [-0.2, -0.15) is 0 Å². The summed E-state index contributed by atoms with van der Waals surface area (Å²) in [6, 6.07) is 5.48. The second-order valence-corrected chi connectivity index (χ2v) is 8.37. The summed E-state index contributed by atoms with van der Waals surface area (Å²) in [5.74, 6) is -0.933. The molecule has 0 unspecified atom stereocenters. The molecular weight excluding hydrogens is 406 g/mol. The van der Waals surface area contributed by atoms with Gasteiger partial charge in [0.2, 0.25) is 7.59 Å². The van der Waals surface area contributed by atoms with Crippen molar-refractivity contribution in [1.29, 1.82) is 0 Å². The van der Waals surface area contributed by atoms with Crippen molar-refractivity contribution in [2.45, 2.75) is 7.59 Å². The van der Waals surface area contributed by atoms with Gasteiger partial charge in [-0.1, -0.05) is 81.7 Å². The van der Waals surface area contributed by atoms with Gasteiger partial charge >= 0.3 is 0 Å². The maximum Gasteiger partial charge on any atom is 0.250 e. The Kier molecular flexibility index (Phi) is 5.08. The van der Waals surface area contributed by atoms with Crippen LogP contribution in [0.15, 0.2) is 24.3 Å². The van der Waals surface area contributed by atoms with Crippen molar-refractivity contribution in [3.8, 4) is 11.4 Å². The molecule has 112 valence electrons. The Morgan fingerprint density at radius 3 is 1.76 bits per heavy atom. The zero-order chi connectivity index (χ0) is 15.8. The third-order valence-electron chi connectivity index (χ3n) is 2.23. The minimum absolute atomic E-state index is 0.0205. The van der Waals surface area contributed by atoms with Crippen molar-refractivity contribution in [3.63, 3.8) is 0 Å². The summed E-state index contributed by atoms with van der Waals surface area (Å²) >= 11 is 34.5. The van der Waals surface area contributed by atoms with E-state index in [4.69, 9.17) is 69.6 Å². The predicted molar refractivity (Wildman–Crippen MR) is 83.7 cm³/mol. The van der Waals surface area contributed by atoms with Gasteiger partial charge in [-0.15, -0.1) is 0 Å². The maximum atomic E-state index is 13.3. The van der Waals surface area contributed by atoms with Crippen LogP contribution in [-0.2, 0) is 7.59 Å². The second-order valence-electron chi connectivity index (χ2n) is 3.81. The van der Waals surface area contributed by atoms with Crippen LogP contribution in [0.2, 0.25) is 0 Å². The van der Waals surface area contributed by atoms with Crippen LogP contribution < -0.4 is 0 Å². The van der Waals surface area contributed by atoms with E-state index in [1.807, 2.05) is 0 Å². The smallest absolute Gasteiger partial charge is 0.209 e. The van der Waals surface area contributed by atoms with E-state index in [2.05, 4.69) is 15.0 Å². The van der Waals surface area contributed by atoms with E-state index in [9.17, 15) is 4.39 Å². The summed E-state index contributed by atoms with van der Waals surface area (Å²) in [6.07, 6.45) is 0. The van der Waals surface area contributed by atoms with Crippen LogP contribution in [0.1, 0.15) is 11.6 Å². The van der Waals surface area contributed by atoms with Gasteiger partial charge in [0.1, 0.15) is 5.82 Å². The summed E-state index contributed by atoms with van der Waals surface area (Å²) in [6.45, 7) is 0. The van der Waals surface area contributed by atoms with E-state index in [0.717, 1.165) is 0 Å². The van der Waals surface area contributed by atoms with Crippen LogP contribution in [0.3, 0.4) is 0 Å². The lowest BCUT2D eigenvalue weighted by Gasteiger charge is -2.15. The third kappa shape index (κ3) is 4.44. The predicted octanol–water partition coefficient (Wildman–Crippen LogP) is 5.33. The van der Waals surface area contributed by atoms with E-state index in [1.54, 1.807) is 6.07 Å². The monoisotopic (exact) mass is 407 g/mol. The topological polar surface area (TPSA) is 38.7 Å². The molecule has 0 N–H and O–H groups in total. The van der Waals surface area contributed by atoms with Crippen molar-refractivity contribution in [3.05, 3.63) is 41.7 Å². The van der Waals surface area contributed by atoms with Crippen LogP contribution in [0.5, 0.6) is 0 Å². The average Bonchev–Trinajstić information content (AvgIpc) is 2.36. The van der Waals surface area contributed by atoms with Gasteiger partial charge in [0.15, 0.2) is 17.5 Å². The van der Waals surface area contributed by atoms with E-state index < -0.39 is 13.4 Å². The molecule has 21 heavy (non-hydrogen) atoms. The lowest BCUT2D eigenvalue weighted by molar-refractivity contribution is 0.628. The first-order valence-electron chi connectivity index (χ1n) is 5.24. The van der Waals surface area contributed by atoms with Gasteiger partial charge in [0.25, 0.3) is 0 Å². The Hall–Kier alpha value is -0.100. The number of hydrogen-bond donors (Lipinski definition) is 0. The maximum absolute atomic E-state index is 13.3. The molecule has 0 atom stereocenters. The first kappa shape index (κ1) is 17.3. The summed E-state index contributed by atoms with van der Waals surface area (Å²) in [7, 11) is 0. The minimum atomic E-state index is -1.95. The van der Waals surface area contributed by atoms with Gasteiger partial charge in [-0.05, 0) is 12.1 Å². The highest BCUT2D eigenvalue weighted by Gasteiger charge is 2.34. The van der Waals surface area contributed by atoms with Crippen LogP contribution in [-0.4, -0.2) is 15.0 Å². The number of hydrogen-bond acceptors (Lipinski definition) is 3. The lowest BCUT2D eigenvalue weighted by atomic mass is 10.2. The molecule has 0 saturated carbocycles. The summed E-state index contributed by atoms with van der Waals surface area (Å²) in [5.41, 5.74) is 0.323. The fraction of sp³-hybridized carbons (Fsp3) is 0.182. The summed E-state index contributed by atoms with van der Waals surface area (Å²) in [4.78, 5) is 11.8. The minimum Gasteiger partial charge on any atom is -0.209 e. The quantitative estimate of drug-likeness (QED) is 0.597. The Morgan fingerprint density at radius 2 is 1.33 bits per heavy atom. The van der Waals surface area contributed by atoms with E-state index in [0.29, 0.717) is 5.56 Å². The Morgan fingerprint density at radius 1 is 0.810 bits per heavy atom. The summed E-state index contributed by atoms with van der Waals surface area (Å²) in [5, 5.41) is 0. The zero-order valence-electron chi connectivity index (χ0n) is 9.80. The molecule has 0 aliphatic rings. The number of halogens is 7. The Labute approximate surface area is 149 Å². The molecule has 0 bridgehead atoms. The molecule has 2 aromatic rings. The van der Waals surface area contributed by atoms with Crippen molar-refractivity contribution >= 4 is 69.6 Å². The highest BCUT2D eigenvalue weighted by Crippen LogP contribution is 2.40. The molecule has 0 spiro atoms. The Balaban J connectivity index is 2.66. The van der Waals surface area contributed by atoms with Crippen molar-refractivity contribution < 1.29 is 4.39 Å². The fourth-order valence-electron chi connectivity index (χ4n) is 1.39. The van der Waals surface area contributed by atoms with Gasteiger partial charge < -0.3 is 0 Å². The van der Waals surface area contributed by atoms with Gasteiger partial charge in [0, 0.05) is 5.56 Å². The van der Waals surface area contributed by atoms with Crippen molar-refractivity contribution in [2.75, 3.05) is 0 Å². The number of nitrogens with zero attached hydrogens (tertiary/aromatic N) is 3.